The number of nitrogens with zero attached hydrogens (tertiary/aromatic N) is 4. The van der Waals surface area contributed by atoms with Crippen molar-refractivity contribution >= 4 is 16.8 Å². The van der Waals surface area contributed by atoms with Crippen molar-refractivity contribution < 1.29 is 27.8 Å². The number of aliphatic hydroxyl groups is 1. The third kappa shape index (κ3) is 6.38. The average Bonchev–Trinajstić information content (AvgIpc) is 3.08. The Morgan fingerprint density at radius 2 is 2.13 bits per heavy atom. The fourth-order valence-electron chi connectivity index (χ4n) is 2.94. The molecule has 3 rings (SSSR count). The van der Waals surface area contributed by atoms with Gasteiger partial charge in [0.2, 0.25) is 11.8 Å². The van der Waals surface area contributed by atoms with Crippen molar-refractivity contribution in [3.63, 3.8) is 0 Å². The molecule has 1 atom stereocenters. The van der Waals surface area contributed by atoms with E-state index in [1.165, 1.54) is 6.20 Å². The molecule has 2 N–H and O–H groups in total. The van der Waals surface area contributed by atoms with Crippen molar-refractivity contribution in [1.29, 1.82) is 0 Å². The van der Waals surface area contributed by atoms with Gasteiger partial charge < -0.3 is 15.2 Å². The van der Waals surface area contributed by atoms with Crippen LogP contribution in [0.5, 0.6) is 5.88 Å². The average molecular weight is 437 g/mol. The summed E-state index contributed by atoms with van der Waals surface area (Å²) in [5.41, 5.74) is 2.42. The first-order valence-corrected chi connectivity index (χ1v) is 9.51. The van der Waals surface area contributed by atoms with E-state index >= 15 is 0 Å². The second-order valence-corrected chi connectivity index (χ2v) is 7.22. The van der Waals surface area contributed by atoms with Gasteiger partial charge in [0.25, 0.3) is 0 Å². The van der Waals surface area contributed by atoms with Gasteiger partial charge in [-0.15, -0.1) is 0 Å². The van der Waals surface area contributed by atoms with Crippen LogP contribution in [0.25, 0.3) is 10.9 Å². The summed E-state index contributed by atoms with van der Waals surface area (Å²) in [5.74, 6) is -0.329. The van der Waals surface area contributed by atoms with Crippen molar-refractivity contribution in [2.45, 2.75) is 39.1 Å². The largest absolute Gasteiger partial charge is 0.468 e. The van der Waals surface area contributed by atoms with Crippen LogP contribution in [0.15, 0.2) is 30.7 Å². The molecule has 0 saturated carbocycles. The summed E-state index contributed by atoms with van der Waals surface area (Å²) in [6, 6.07) is 3.41. The Hall–Kier alpha value is -3.21. The summed E-state index contributed by atoms with van der Waals surface area (Å²) >= 11 is 0. The summed E-state index contributed by atoms with van der Waals surface area (Å²) in [4.78, 5) is 20.3. The van der Waals surface area contributed by atoms with Crippen LogP contribution in [0.3, 0.4) is 0 Å². The Balaban J connectivity index is 1.72. The Kier molecular flexibility index (Phi) is 6.74. The predicted molar refractivity (Wildman–Crippen MR) is 106 cm³/mol. The summed E-state index contributed by atoms with van der Waals surface area (Å²) < 4.78 is 43.3. The number of rotatable bonds is 8. The molecule has 0 aromatic carbocycles. The van der Waals surface area contributed by atoms with E-state index in [1.54, 1.807) is 43.1 Å². The highest BCUT2D eigenvalue weighted by Crippen LogP contribution is 2.21. The minimum Gasteiger partial charge on any atom is -0.468 e. The molecule has 31 heavy (non-hydrogen) atoms. The fourth-order valence-corrected chi connectivity index (χ4v) is 2.94. The second kappa shape index (κ2) is 9.29. The number of carbonyl (C=O) groups is 1. The number of amides is 1. The van der Waals surface area contributed by atoms with E-state index in [2.05, 4.69) is 20.4 Å². The van der Waals surface area contributed by atoms with Gasteiger partial charge in [-0.2, -0.15) is 18.3 Å². The maximum Gasteiger partial charge on any atom is 0.422 e. The van der Waals surface area contributed by atoms with Gasteiger partial charge in [-0.05, 0) is 31.5 Å². The smallest absolute Gasteiger partial charge is 0.422 e. The molecule has 3 aromatic heterocycles. The SMILES string of the molecule is Cc1cc(Cn2cc3c(CC(=O)NC[C@H](C)O)nccc3n2)cnc1OCC(F)(F)F. The molecular formula is C20H22F3N5O3. The maximum absolute atomic E-state index is 12.3. The van der Waals surface area contributed by atoms with Crippen molar-refractivity contribution in [3.05, 3.63) is 47.5 Å². The summed E-state index contributed by atoms with van der Waals surface area (Å²) in [6.07, 6.45) is -0.271. The third-order valence-corrected chi connectivity index (χ3v) is 4.29. The molecule has 0 aliphatic rings. The van der Waals surface area contributed by atoms with Crippen LogP contribution >= 0.6 is 0 Å². The first-order chi connectivity index (χ1) is 14.6. The molecule has 3 aromatic rings. The molecule has 0 saturated heterocycles. The van der Waals surface area contributed by atoms with E-state index in [0.717, 1.165) is 5.56 Å². The number of ether oxygens (including phenoxy) is 1. The maximum atomic E-state index is 12.3. The highest BCUT2D eigenvalue weighted by Gasteiger charge is 2.29. The predicted octanol–water partition coefficient (Wildman–Crippen LogP) is 2.16. The van der Waals surface area contributed by atoms with E-state index in [9.17, 15) is 23.1 Å². The number of alkyl halides is 3. The lowest BCUT2D eigenvalue weighted by Crippen LogP contribution is -2.31. The third-order valence-electron chi connectivity index (χ3n) is 4.29. The molecule has 3 heterocycles. The first kappa shape index (κ1) is 22.5. The molecule has 8 nitrogen and oxygen atoms in total. The quantitative estimate of drug-likeness (QED) is 0.560. The Labute approximate surface area is 176 Å². The van der Waals surface area contributed by atoms with Crippen molar-refractivity contribution in [1.82, 2.24) is 25.1 Å². The Morgan fingerprint density at radius 1 is 1.35 bits per heavy atom. The van der Waals surface area contributed by atoms with Crippen LogP contribution in [0.1, 0.15) is 23.7 Å². The van der Waals surface area contributed by atoms with E-state index in [0.29, 0.717) is 28.7 Å². The number of aromatic nitrogens is 4. The van der Waals surface area contributed by atoms with Gasteiger partial charge in [-0.3, -0.25) is 14.5 Å². The minimum atomic E-state index is -4.43. The van der Waals surface area contributed by atoms with Gasteiger partial charge in [0.1, 0.15) is 0 Å². The monoisotopic (exact) mass is 437 g/mol. The van der Waals surface area contributed by atoms with Crippen LogP contribution in [-0.2, 0) is 17.8 Å². The zero-order valence-corrected chi connectivity index (χ0v) is 17.0. The second-order valence-electron chi connectivity index (χ2n) is 7.22. The number of pyridine rings is 2. The molecule has 0 spiro atoms. The van der Waals surface area contributed by atoms with Gasteiger partial charge in [0.15, 0.2) is 6.61 Å². The fraction of sp³-hybridized carbons (Fsp3) is 0.400. The number of halogens is 3. The number of fused-ring (bicyclic) bond motifs is 1. The van der Waals surface area contributed by atoms with Crippen molar-refractivity contribution in [3.8, 4) is 5.88 Å². The zero-order chi connectivity index (χ0) is 22.6. The summed E-state index contributed by atoms with van der Waals surface area (Å²) in [5, 5.41) is 17.1. The van der Waals surface area contributed by atoms with Gasteiger partial charge in [-0.1, -0.05) is 0 Å². The van der Waals surface area contributed by atoms with Crippen LogP contribution < -0.4 is 10.1 Å². The number of aliphatic hydroxyl groups excluding tert-OH is 1. The van der Waals surface area contributed by atoms with Crippen LogP contribution in [-0.4, -0.2) is 56.2 Å². The summed E-state index contributed by atoms with van der Waals surface area (Å²) in [6.45, 7) is 2.29. The Bertz CT molecular complexity index is 1070. The molecule has 0 unspecified atom stereocenters. The molecule has 0 bridgehead atoms. The van der Waals surface area contributed by atoms with Gasteiger partial charge >= 0.3 is 6.18 Å². The van der Waals surface area contributed by atoms with Gasteiger partial charge in [0.05, 0.1) is 30.3 Å². The minimum absolute atomic E-state index is 0.0433. The van der Waals surface area contributed by atoms with E-state index < -0.39 is 18.9 Å². The van der Waals surface area contributed by atoms with E-state index in [-0.39, 0.29) is 24.8 Å². The van der Waals surface area contributed by atoms with Crippen LogP contribution in [0.4, 0.5) is 13.2 Å². The van der Waals surface area contributed by atoms with Crippen LogP contribution in [0, 0.1) is 6.92 Å². The number of hydrogen-bond acceptors (Lipinski definition) is 6. The normalized spacial score (nSPS) is 12.7. The highest BCUT2D eigenvalue weighted by atomic mass is 19.4. The molecule has 11 heteroatoms. The molecule has 166 valence electrons. The topological polar surface area (TPSA) is 102 Å². The first-order valence-electron chi connectivity index (χ1n) is 9.51. The standard InChI is InChI=1S/C20H22F3N5O3/c1-12-5-14(8-26-19(12)31-11-20(21,22)23)9-28-10-15-16(27-28)3-4-24-17(15)6-18(30)25-7-13(2)29/h3-5,8,10,13,29H,6-7,9,11H2,1-2H3,(H,25,30)/t13-/m0/s1. The lowest BCUT2D eigenvalue weighted by Gasteiger charge is -2.11. The van der Waals surface area contributed by atoms with Crippen LogP contribution in [0.2, 0.25) is 0 Å². The number of nitrogens with one attached hydrogen (secondary N) is 1. The summed E-state index contributed by atoms with van der Waals surface area (Å²) in [7, 11) is 0. The van der Waals surface area contributed by atoms with Gasteiger partial charge in [0, 0.05) is 36.1 Å². The van der Waals surface area contributed by atoms with E-state index in [4.69, 9.17) is 4.74 Å². The molecule has 0 fully saturated rings. The lowest BCUT2D eigenvalue weighted by atomic mass is 10.2. The number of aryl methyl sites for hydroxylation is 1. The van der Waals surface area contributed by atoms with Crippen molar-refractivity contribution in [2.75, 3.05) is 13.2 Å². The Morgan fingerprint density at radius 3 is 2.81 bits per heavy atom. The molecule has 0 aliphatic heterocycles. The molecule has 0 radical (unpaired) electrons. The van der Waals surface area contributed by atoms with Crippen molar-refractivity contribution in [2.24, 2.45) is 0 Å². The number of hydrogen-bond donors (Lipinski definition) is 2. The molecule has 1 amide bonds. The highest BCUT2D eigenvalue weighted by molar-refractivity contribution is 5.86. The van der Waals surface area contributed by atoms with E-state index in [1.807, 2.05) is 0 Å². The molecular weight excluding hydrogens is 415 g/mol. The zero-order valence-electron chi connectivity index (χ0n) is 17.0. The number of carbonyl (C=O) groups excluding carboxylic acids is 1. The van der Waals surface area contributed by atoms with Gasteiger partial charge in [-0.25, -0.2) is 4.98 Å². The molecule has 0 aliphatic carbocycles. The lowest BCUT2D eigenvalue weighted by molar-refractivity contribution is -0.154.